The summed E-state index contributed by atoms with van der Waals surface area (Å²) >= 11 is 6.01. The molecule has 0 saturated carbocycles. The largest absolute Gasteiger partial charge is 0.496 e. The van der Waals surface area contributed by atoms with Crippen LogP contribution in [-0.4, -0.2) is 17.9 Å². The number of nitrogens with zero attached hydrogens (tertiary/aromatic N) is 1. The number of aromatic nitrogens is 1. The van der Waals surface area contributed by atoms with Gasteiger partial charge in [0.05, 0.1) is 17.7 Å². The van der Waals surface area contributed by atoms with Gasteiger partial charge >= 0.3 is 0 Å². The summed E-state index contributed by atoms with van der Waals surface area (Å²) in [6.07, 6.45) is 1.55. The zero-order valence-electron chi connectivity index (χ0n) is 11.0. The summed E-state index contributed by atoms with van der Waals surface area (Å²) in [4.78, 5) is 16.5. The second kappa shape index (κ2) is 5.41. The van der Waals surface area contributed by atoms with E-state index in [-0.39, 0.29) is 11.5 Å². The van der Waals surface area contributed by atoms with E-state index in [1.54, 1.807) is 31.5 Å². The van der Waals surface area contributed by atoms with Crippen molar-refractivity contribution in [3.05, 3.63) is 57.9 Å². The maximum Gasteiger partial charge on any atom is 0.216 e. The van der Waals surface area contributed by atoms with Crippen molar-refractivity contribution in [2.24, 2.45) is 0 Å². The van der Waals surface area contributed by atoms with Crippen LogP contribution in [0.1, 0.15) is 27.2 Å². The first-order valence-electron chi connectivity index (χ1n) is 5.85. The van der Waals surface area contributed by atoms with Crippen molar-refractivity contribution in [1.29, 1.82) is 0 Å². The molecule has 2 aromatic rings. The molecular formula is C15H14ClNO2. The molecule has 1 aromatic carbocycles. The first-order chi connectivity index (χ1) is 9.06. The summed E-state index contributed by atoms with van der Waals surface area (Å²) in [5.41, 5.74) is 2.73. The van der Waals surface area contributed by atoms with Crippen LogP contribution in [0.2, 0.25) is 5.02 Å². The average molecular weight is 276 g/mol. The molecule has 0 radical (unpaired) electrons. The van der Waals surface area contributed by atoms with Gasteiger partial charge in [-0.25, -0.2) is 0 Å². The van der Waals surface area contributed by atoms with Crippen LogP contribution in [0.5, 0.6) is 5.75 Å². The highest BCUT2D eigenvalue weighted by Gasteiger charge is 2.20. The Bertz CT molecular complexity index is 638. The van der Waals surface area contributed by atoms with E-state index in [4.69, 9.17) is 16.3 Å². The lowest BCUT2D eigenvalue weighted by Crippen LogP contribution is -2.08. The minimum absolute atomic E-state index is 0.231. The lowest BCUT2D eigenvalue weighted by atomic mass is 10.00. The van der Waals surface area contributed by atoms with E-state index in [0.717, 1.165) is 11.1 Å². The van der Waals surface area contributed by atoms with Crippen molar-refractivity contribution in [2.75, 3.05) is 7.11 Å². The van der Waals surface area contributed by atoms with Gasteiger partial charge in [0.25, 0.3) is 0 Å². The quantitative estimate of drug-likeness (QED) is 0.804. The molecule has 3 nitrogen and oxygen atoms in total. The Hall–Kier alpha value is -1.87. The van der Waals surface area contributed by atoms with Crippen LogP contribution in [0.25, 0.3) is 0 Å². The number of hydrogen-bond acceptors (Lipinski definition) is 3. The van der Waals surface area contributed by atoms with Gasteiger partial charge in [0.2, 0.25) is 5.78 Å². The van der Waals surface area contributed by atoms with E-state index >= 15 is 0 Å². The lowest BCUT2D eigenvalue weighted by Gasteiger charge is -2.12. The molecule has 0 N–H and O–H groups in total. The molecule has 1 heterocycles. The highest BCUT2D eigenvalue weighted by molar-refractivity contribution is 6.34. The number of carbonyl (C=O) groups excluding carboxylic acids is 1. The Balaban J connectivity index is 2.57. The van der Waals surface area contributed by atoms with Crippen LogP contribution in [0.15, 0.2) is 30.5 Å². The first kappa shape index (κ1) is 13.6. The lowest BCUT2D eigenvalue weighted by molar-refractivity contribution is 0.103. The molecule has 19 heavy (non-hydrogen) atoms. The number of pyridine rings is 1. The molecule has 0 aliphatic heterocycles. The van der Waals surface area contributed by atoms with Crippen LogP contribution in [0.4, 0.5) is 0 Å². The van der Waals surface area contributed by atoms with E-state index in [1.165, 1.54) is 0 Å². The van der Waals surface area contributed by atoms with Gasteiger partial charge in [0.1, 0.15) is 11.4 Å². The van der Waals surface area contributed by atoms with Crippen LogP contribution < -0.4 is 4.74 Å². The molecule has 0 atom stereocenters. The molecule has 4 heteroatoms. The van der Waals surface area contributed by atoms with E-state index in [2.05, 4.69) is 4.98 Å². The second-order valence-electron chi connectivity index (χ2n) is 4.25. The molecular weight excluding hydrogens is 262 g/mol. The predicted octanol–water partition coefficient (Wildman–Crippen LogP) is 3.59. The summed E-state index contributed by atoms with van der Waals surface area (Å²) in [7, 11) is 1.55. The number of methoxy groups -OCH3 is 1. The Morgan fingerprint density at radius 3 is 2.63 bits per heavy atom. The SMILES string of the molecule is COc1c(C(=O)c2ncccc2Cl)ccc(C)c1C. The van der Waals surface area contributed by atoms with Gasteiger partial charge in [0.15, 0.2) is 0 Å². The number of ketones is 1. The van der Waals surface area contributed by atoms with Crippen molar-refractivity contribution in [2.45, 2.75) is 13.8 Å². The summed E-state index contributed by atoms with van der Waals surface area (Å²) in [6.45, 7) is 3.89. The van der Waals surface area contributed by atoms with Gasteiger partial charge in [-0.3, -0.25) is 9.78 Å². The Morgan fingerprint density at radius 2 is 2.00 bits per heavy atom. The molecule has 0 unspecified atom stereocenters. The fraction of sp³-hybridized carbons (Fsp3) is 0.200. The van der Waals surface area contributed by atoms with Crippen molar-refractivity contribution >= 4 is 17.4 Å². The van der Waals surface area contributed by atoms with Gasteiger partial charge in [-0.15, -0.1) is 0 Å². The highest BCUT2D eigenvalue weighted by Crippen LogP contribution is 2.29. The van der Waals surface area contributed by atoms with E-state index < -0.39 is 0 Å². The zero-order chi connectivity index (χ0) is 14.0. The standard InChI is InChI=1S/C15H14ClNO2/c1-9-6-7-11(15(19-3)10(9)2)14(18)13-12(16)5-4-8-17-13/h4-8H,1-3H3. The van der Waals surface area contributed by atoms with Crippen LogP contribution in [0, 0.1) is 13.8 Å². The van der Waals surface area contributed by atoms with E-state index in [9.17, 15) is 4.79 Å². The number of carbonyl (C=O) groups is 1. The highest BCUT2D eigenvalue weighted by atomic mass is 35.5. The van der Waals surface area contributed by atoms with Gasteiger partial charge < -0.3 is 4.74 Å². The third-order valence-electron chi connectivity index (χ3n) is 3.10. The third kappa shape index (κ3) is 2.47. The zero-order valence-corrected chi connectivity index (χ0v) is 11.8. The molecule has 0 spiro atoms. The van der Waals surface area contributed by atoms with Crippen molar-refractivity contribution < 1.29 is 9.53 Å². The van der Waals surface area contributed by atoms with Crippen LogP contribution in [0.3, 0.4) is 0 Å². The summed E-state index contributed by atoms with van der Waals surface area (Å²) in [5, 5.41) is 0.341. The third-order valence-corrected chi connectivity index (χ3v) is 3.40. The van der Waals surface area contributed by atoms with Gasteiger partial charge in [-0.2, -0.15) is 0 Å². The molecule has 0 amide bonds. The predicted molar refractivity (Wildman–Crippen MR) is 75.1 cm³/mol. The summed E-state index contributed by atoms with van der Waals surface area (Å²) in [6, 6.07) is 6.97. The molecule has 2 rings (SSSR count). The summed E-state index contributed by atoms with van der Waals surface area (Å²) in [5.74, 6) is 0.345. The Labute approximate surface area is 117 Å². The summed E-state index contributed by atoms with van der Waals surface area (Å²) < 4.78 is 5.35. The van der Waals surface area contributed by atoms with Crippen molar-refractivity contribution in [3.63, 3.8) is 0 Å². The minimum atomic E-state index is -0.231. The number of ether oxygens (including phenoxy) is 1. The molecule has 1 aromatic heterocycles. The van der Waals surface area contributed by atoms with Crippen LogP contribution in [-0.2, 0) is 0 Å². The number of benzene rings is 1. The monoisotopic (exact) mass is 275 g/mol. The van der Waals surface area contributed by atoms with E-state index in [0.29, 0.717) is 16.3 Å². The Morgan fingerprint density at radius 1 is 1.26 bits per heavy atom. The first-order valence-corrected chi connectivity index (χ1v) is 6.23. The molecule has 0 bridgehead atoms. The van der Waals surface area contributed by atoms with Crippen molar-refractivity contribution in [1.82, 2.24) is 4.98 Å². The molecule has 98 valence electrons. The average Bonchev–Trinajstić information content (AvgIpc) is 2.41. The van der Waals surface area contributed by atoms with E-state index in [1.807, 2.05) is 19.9 Å². The number of halogens is 1. The second-order valence-corrected chi connectivity index (χ2v) is 4.66. The van der Waals surface area contributed by atoms with Crippen LogP contribution >= 0.6 is 11.6 Å². The smallest absolute Gasteiger partial charge is 0.216 e. The minimum Gasteiger partial charge on any atom is -0.496 e. The molecule has 0 aliphatic carbocycles. The fourth-order valence-electron chi connectivity index (χ4n) is 1.91. The molecule has 0 aliphatic rings. The van der Waals surface area contributed by atoms with Gasteiger partial charge in [-0.05, 0) is 43.2 Å². The number of aryl methyl sites for hydroxylation is 1. The number of hydrogen-bond donors (Lipinski definition) is 0. The normalized spacial score (nSPS) is 10.3. The fourth-order valence-corrected chi connectivity index (χ4v) is 2.12. The van der Waals surface area contributed by atoms with Crippen molar-refractivity contribution in [3.8, 4) is 5.75 Å². The van der Waals surface area contributed by atoms with Gasteiger partial charge in [-0.1, -0.05) is 17.7 Å². The molecule has 0 saturated heterocycles. The maximum absolute atomic E-state index is 12.5. The molecule has 0 fully saturated rings. The van der Waals surface area contributed by atoms with Gasteiger partial charge in [0, 0.05) is 6.20 Å². The number of rotatable bonds is 3. The maximum atomic E-state index is 12.5. The topological polar surface area (TPSA) is 39.2 Å². The Kier molecular flexibility index (Phi) is 3.86.